The monoisotopic (exact) mass is 736 g/mol. The van der Waals surface area contributed by atoms with Gasteiger partial charge in [0.2, 0.25) is 0 Å². The molecule has 1 aliphatic rings. The summed E-state index contributed by atoms with van der Waals surface area (Å²) in [6, 6.07) is 72.7. The van der Waals surface area contributed by atoms with Crippen LogP contribution in [0.2, 0.25) is 0 Å². The standard InChI is InChI=1S/C56H32S/c1-4-19-36-33(14-1)17-11-25-40(36)51-43-22-7-8-23-44(43)52(41-26-12-18-34-15-2-5-20-37(34)41)55-47-31-30-39(42-27-13-28-46(50(42)47)54(51)55)48-32-35-16-3-6-21-38(35)53-45-24-9-10-29-49(45)57-56(48)53/h1-32H. The second kappa shape index (κ2) is 11.7. The average molecular weight is 737 g/mol. The third-order valence-corrected chi connectivity index (χ3v) is 13.8. The fraction of sp³-hybridized carbons (Fsp3) is 0. The van der Waals surface area contributed by atoms with E-state index in [4.69, 9.17) is 0 Å². The molecular weight excluding hydrogens is 705 g/mol. The predicted molar refractivity (Wildman–Crippen MR) is 248 cm³/mol. The molecule has 0 spiro atoms. The summed E-state index contributed by atoms with van der Waals surface area (Å²) in [5.41, 5.74) is 13.0. The lowest BCUT2D eigenvalue weighted by atomic mass is 9.81. The van der Waals surface area contributed by atoms with E-state index in [0.29, 0.717) is 0 Å². The molecule has 0 amide bonds. The lowest BCUT2D eigenvalue weighted by Crippen LogP contribution is -1.94. The largest absolute Gasteiger partial charge is 0.135 e. The number of hydrogen-bond acceptors (Lipinski definition) is 1. The molecule has 0 bridgehead atoms. The molecule has 11 aromatic carbocycles. The molecule has 57 heavy (non-hydrogen) atoms. The third-order valence-electron chi connectivity index (χ3n) is 12.6. The molecule has 13 rings (SSSR count). The fourth-order valence-electron chi connectivity index (χ4n) is 10.3. The Morgan fingerprint density at radius 2 is 0.702 bits per heavy atom. The zero-order valence-corrected chi connectivity index (χ0v) is 31.7. The van der Waals surface area contributed by atoms with Crippen molar-refractivity contribution in [2.75, 3.05) is 0 Å². The van der Waals surface area contributed by atoms with Crippen LogP contribution in [-0.4, -0.2) is 0 Å². The molecule has 1 aromatic heterocycles. The fourth-order valence-corrected chi connectivity index (χ4v) is 11.5. The van der Waals surface area contributed by atoms with Gasteiger partial charge in [-0.2, -0.15) is 0 Å². The summed E-state index contributed by atoms with van der Waals surface area (Å²) in [6.45, 7) is 0. The normalized spacial score (nSPS) is 12.2. The first-order valence-electron chi connectivity index (χ1n) is 19.8. The topological polar surface area (TPSA) is 0 Å². The Morgan fingerprint density at radius 1 is 0.246 bits per heavy atom. The summed E-state index contributed by atoms with van der Waals surface area (Å²) in [7, 11) is 0. The molecule has 262 valence electrons. The average Bonchev–Trinajstić information content (AvgIpc) is 3.83. The second-order valence-corrected chi connectivity index (χ2v) is 16.5. The van der Waals surface area contributed by atoms with Crippen LogP contribution in [0.5, 0.6) is 0 Å². The van der Waals surface area contributed by atoms with Crippen LogP contribution < -0.4 is 0 Å². The van der Waals surface area contributed by atoms with E-state index in [0.717, 1.165) is 0 Å². The minimum Gasteiger partial charge on any atom is -0.135 e. The SMILES string of the molecule is c1ccc2c(-c3c4c(c(-c5cccc6ccccc56)c5ccccc35)-c3ccc(-c5cc6ccccc6c6c5sc5ccccc56)c5cccc-4c35)cccc2c1. The maximum absolute atomic E-state index is 2.44. The molecule has 0 fully saturated rings. The molecule has 12 aromatic rings. The van der Waals surface area contributed by atoms with Gasteiger partial charge in [0.15, 0.2) is 0 Å². The first kappa shape index (κ1) is 31.2. The van der Waals surface area contributed by atoms with Crippen molar-refractivity contribution >= 4 is 85.4 Å². The molecule has 0 nitrogen and oxygen atoms in total. The van der Waals surface area contributed by atoms with Crippen LogP contribution in [-0.2, 0) is 0 Å². The highest BCUT2D eigenvalue weighted by Crippen LogP contribution is 2.60. The number of thiophene rings is 1. The molecule has 0 atom stereocenters. The van der Waals surface area contributed by atoms with Gasteiger partial charge in [0.25, 0.3) is 0 Å². The minimum atomic E-state index is 1.26. The predicted octanol–water partition coefficient (Wildman–Crippen LogP) is 16.5. The van der Waals surface area contributed by atoms with Gasteiger partial charge in [-0.1, -0.05) is 182 Å². The molecule has 0 radical (unpaired) electrons. The van der Waals surface area contributed by atoms with E-state index in [9.17, 15) is 0 Å². The zero-order valence-electron chi connectivity index (χ0n) is 30.9. The summed E-state index contributed by atoms with van der Waals surface area (Å²) in [6.07, 6.45) is 0. The van der Waals surface area contributed by atoms with Crippen molar-refractivity contribution in [3.8, 4) is 55.6 Å². The molecule has 0 unspecified atom stereocenters. The molecule has 0 N–H and O–H groups in total. The number of rotatable bonds is 3. The first-order valence-corrected chi connectivity index (χ1v) is 20.6. The summed E-state index contributed by atoms with van der Waals surface area (Å²) in [5.74, 6) is 0. The maximum atomic E-state index is 2.44. The van der Waals surface area contributed by atoms with Crippen LogP contribution in [0, 0.1) is 0 Å². The Kier molecular flexibility index (Phi) is 6.41. The molecule has 1 heteroatoms. The number of benzene rings is 11. The molecule has 1 aliphatic carbocycles. The summed E-state index contributed by atoms with van der Waals surface area (Å²) in [5, 5.41) is 15.5. The third kappa shape index (κ3) is 4.27. The van der Waals surface area contributed by atoms with Gasteiger partial charge in [0, 0.05) is 25.7 Å². The Balaban J connectivity index is 1.21. The van der Waals surface area contributed by atoms with E-state index in [-0.39, 0.29) is 0 Å². The van der Waals surface area contributed by atoms with Gasteiger partial charge < -0.3 is 0 Å². The highest BCUT2D eigenvalue weighted by molar-refractivity contribution is 7.26. The summed E-state index contributed by atoms with van der Waals surface area (Å²) < 4.78 is 2.68. The van der Waals surface area contributed by atoms with E-state index in [1.54, 1.807) is 0 Å². The van der Waals surface area contributed by atoms with Crippen molar-refractivity contribution in [1.82, 2.24) is 0 Å². The molecule has 1 heterocycles. The van der Waals surface area contributed by atoms with Gasteiger partial charge in [-0.15, -0.1) is 11.3 Å². The van der Waals surface area contributed by atoms with Gasteiger partial charge in [0.1, 0.15) is 0 Å². The molecule has 0 aliphatic heterocycles. The van der Waals surface area contributed by atoms with Crippen molar-refractivity contribution in [1.29, 1.82) is 0 Å². The van der Waals surface area contributed by atoms with Crippen molar-refractivity contribution in [2.45, 2.75) is 0 Å². The second-order valence-electron chi connectivity index (χ2n) is 15.4. The van der Waals surface area contributed by atoms with E-state index in [2.05, 4.69) is 194 Å². The molecule has 0 saturated heterocycles. The quantitative estimate of drug-likeness (QED) is 0.169. The Morgan fingerprint density at radius 3 is 1.37 bits per heavy atom. The maximum Gasteiger partial charge on any atom is 0.0440 e. The summed E-state index contributed by atoms with van der Waals surface area (Å²) >= 11 is 1.92. The lowest BCUT2D eigenvalue weighted by molar-refractivity contribution is 1.65. The van der Waals surface area contributed by atoms with Crippen LogP contribution in [0.4, 0.5) is 0 Å². The lowest BCUT2D eigenvalue weighted by Gasteiger charge is -2.22. The van der Waals surface area contributed by atoms with Crippen LogP contribution in [0.25, 0.3) is 130 Å². The van der Waals surface area contributed by atoms with E-state index in [1.165, 1.54) is 130 Å². The van der Waals surface area contributed by atoms with Gasteiger partial charge in [-0.25, -0.2) is 0 Å². The van der Waals surface area contributed by atoms with Gasteiger partial charge >= 0.3 is 0 Å². The minimum absolute atomic E-state index is 1.26. The summed E-state index contributed by atoms with van der Waals surface area (Å²) in [4.78, 5) is 0. The van der Waals surface area contributed by atoms with Crippen molar-refractivity contribution < 1.29 is 0 Å². The Labute approximate surface area is 333 Å². The van der Waals surface area contributed by atoms with Gasteiger partial charge in [-0.05, 0) is 116 Å². The smallest absolute Gasteiger partial charge is 0.0440 e. The van der Waals surface area contributed by atoms with Crippen molar-refractivity contribution in [3.63, 3.8) is 0 Å². The number of fused-ring (bicyclic) bond motifs is 11. The van der Waals surface area contributed by atoms with E-state index >= 15 is 0 Å². The van der Waals surface area contributed by atoms with Gasteiger partial charge in [-0.3, -0.25) is 0 Å². The first-order chi connectivity index (χ1) is 28.3. The van der Waals surface area contributed by atoms with E-state index < -0.39 is 0 Å². The zero-order chi connectivity index (χ0) is 37.2. The van der Waals surface area contributed by atoms with Crippen molar-refractivity contribution in [3.05, 3.63) is 194 Å². The van der Waals surface area contributed by atoms with Crippen LogP contribution in [0.3, 0.4) is 0 Å². The van der Waals surface area contributed by atoms with Crippen LogP contribution >= 0.6 is 11.3 Å². The van der Waals surface area contributed by atoms with Crippen molar-refractivity contribution in [2.24, 2.45) is 0 Å². The highest BCUT2D eigenvalue weighted by atomic mass is 32.1. The Bertz CT molecular complexity index is 3550. The van der Waals surface area contributed by atoms with Crippen LogP contribution in [0.1, 0.15) is 0 Å². The van der Waals surface area contributed by atoms with E-state index in [1.807, 2.05) is 11.3 Å². The van der Waals surface area contributed by atoms with Crippen LogP contribution in [0.15, 0.2) is 194 Å². The van der Waals surface area contributed by atoms with Gasteiger partial charge in [0.05, 0.1) is 0 Å². The highest BCUT2D eigenvalue weighted by Gasteiger charge is 2.32. The molecule has 0 saturated carbocycles. The number of hydrogen-bond donors (Lipinski definition) is 0. The Hall–Kier alpha value is -7.06. The molecular formula is C56H32S.